The second kappa shape index (κ2) is 9.95. The van der Waals surface area contributed by atoms with Crippen LogP contribution in [-0.4, -0.2) is 42.6 Å². The number of aryl methyl sites for hydroxylation is 1. The number of nitrogens with one attached hydrogen (secondary N) is 1. The van der Waals surface area contributed by atoms with Crippen molar-refractivity contribution < 1.29 is 14.3 Å². The van der Waals surface area contributed by atoms with E-state index < -0.39 is 0 Å². The van der Waals surface area contributed by atoms with E-state index in [4.69, 9.17) is 9.47 Å². The molecule has 1 N–H and O–H groups in total. The average molecular weight is 435 g/mol. The minimum Gasteiger partial charge on any atom is -0.490 e. The van der Waals surface area contributed by atoms with Crippen molar-refractivity contribution in [3.8, 4) is 11.5 Å². The van der Waals surface area contributed by atoms with Crippen LogP contribution in [-0.2, 0) is 11.2 Å². The van der Waals surface area contributed by atoms with Crippen LogP contribution in [0.2, 0.25) is 0 Å². The number of hydrogen-bond acceptors (Lipinski definition) is 4. The molecular weight excluding hydrogens is 400 g/mol. The van der Waals surface area contributed by atoms with Crippen LogP contribution in [0.15, 0.2) is 48.5 Å². The molecule has 2 aromatic carbocycles. The molecule has 1 aliphatic carbocycles. The van der Waals surface area contributed by atoms with Crippen LogP contribution in [0.4, 0.5) is 0 Å². The lowest BCUT2D eigenvalue weighted by molar-refractivity contribution is -0.123. The van der Waals surface area contributed by atoms with Crippen LogP contribution in [0.1, 0.15) is 62.2 Å². The number of nitrogens with zero attached hydrogens (tertiary/aromatic N) is 1. The van der Waals surface area contributed by atoms with Crippen molar-refractivity contribution in [3.05, 3.63) is 59.7 Å². The number of carbonyl (C=O) groups excluding carboxylic acids is 1. The van der Waals surface area contributed by atoms with Crippen molar-refractivity contribution in [3.63, 3.8) is 0 Å². The summed E-state index contributed by atoms with van der Waals surface area (Å²) in [6.07, 6.45) is 8.73. The summed E-state index contributed by atoms with van der Waals surface area (Å²) in [6, 6.07) is 17.0. The molecule has 1 amide bonds. The topological polar surface area (TPSA) is 50.8 Å². The van der Waals surface area contributed by atoms with Gasteiger partial charge in [-0.05, 0) is 93.8 Å². The molecule has 0 radical (unpaired) electrons. The number of likely N-dealkylation sites (tertiary alicyclic amines) is 1. The predicted octanol–water partition coefficient (Wildman–Crippen LogP) is 4.65. The number of ether oxygens (including phenoxy) is 2. The van der Waals surface area contributed by atoms with Crippen molar-refractivity contribution in [2.24, 2.45) is 0 Å². The van der Waals surface area contributed by atoms with Gasteiger partial charge in [0.1, 0.15) is 17.6 Å². The van der Waals surface area contributed by atoms with Gasteiger partial charge in [0.05, 0.1) is 12.6 Å². The lowest BCUT2D eigenvalue weighted by atomic mass is 9.92. The Morgan fingerprint density at radius 2 is 1.78 bits per heavy atom. The molecular formula is C27H34N2O3. The van der Waals surface area contributed by atoms with Crippen LogP contribution in [0.5, 0.6) is 11.5 Å². The summed E-state index contributed by atoms with van der Waals surface area (Å²) in [5.41, 5.74) is 2.47. The Morgan fingerprint density at radius 3 is 2.56 bits per heavy atom. The fourth-order valence-corrected chi connectivity index (χ4v) is 5.28. The Kier molecular flexibility index (Phi) is 6.63. The maximum absolute atomic E-state index is 12.3. The molecule has 5 nitrogen and oxygen atoms in total. The lowest BCUT2D eigenvalue weighted by Gasteiger charge is -2.31. The third-order valence-electron chi connectivity index (χ3n) is 7.06. The maximum atomic E-state index is 12.3. The van der Waals surface area contributed by atoms with E-state index >= 15 is 0 Å². The van der Waals surface area contributed by atoms with E-state index in [1.807, 2.05) is 12.1 Å². The zero-order chi connectivity index (χ0) is 21.8. The molecule has 0 spiro atoms. The second-order valence-electron chi connectivity index (χ2n) is 9.47. The summed E-state index contributed by atoms with van der Waals surface area (Å²) in [4.78, 5) is 14.5. The quantitative estimate of drug-likeness (QED) is 0.719. The van der Waals surface area contributed by atoms with Crippen molar-refractivity contribution in [2.45, 2.75) is 69.6 Å². The van der Waals surface area contributed by atoms with E-state index in [0.29, 0.717) is 6.54 Å². The van der Waals surface area contributed by atoms with E-state index in [0.717, 1.165) is 63.1 Å². The number of carbonyl (C=O) groups is 1. The summed E-state index contributed by atoms with van der Waals surface area (Å²) in [7, 11) is 0. The first kappa shape index (κ1) is 21.3. The Balaban J connectivity index is 1.09. The Labute approximate surface area is 191 Å². The van der Waals surface area contributed by atoms with Gasteiger partial charge >= 0.3 is 0 Å². The van der Waals surface area contributed by atoms with E-state index in [-0.39, 0.29) is 24.2 Å². The molecule has 2 fully saturated rings. The molecule has 3 aliphatic rings. The molecule has 1 saturated heterocycles. The highest BCUT2D eigenvalue weighted by Gasteiger charge is 2.26. The van der Waals surface area contributed by atoms with Crippen molar-refractivity contribution in [1.82, 2.24) is 10.2 Å². The Hall–Kier alpha value is -2.53. The van der Waals surface area contributed by atoms with Crippen molar-refractivity contribution in [2.75, 3.05) is 19.6 Å². The minimum absolute atomic E-state index is 0.131. The molecule has 2 aromatic rings. The lowest BCUT2D eigenvalue weighted by Crippen LogP contribution is -2.43. The van der Waals surface area contributed by atoms with Crippen molar-refractivity contribution in [1.29, 1.82) is 0 Å². The molecule has 32 heavy (non-hydrogen) atoms. The third kappa shape index (κ3) is 5.26. The summed E-state index contributed by atoms with van der Waals surface area (Å²) >= 11 is 0. The van der Waals surface area contributed by atoms with Gasteiger partial charge in [-0.2, -0.15) is 0 Å². The average Bonchev–Trinajstić information content (AvgIpc) is 3.33. The second-order valence-corrected chi connectivity index (χ2v) is 9.47. The van der Waals surface area contributed by atoms with Gasteiger partial charge < -0.3 is 14.8 Å². The summed E-state index contributed by atoms with van der Waals surface area (Å²) < 4.78 is 12.6. The van der Waals surface area contributed by atoms with Crippen LogP contribution >= 0.6 is 0 Å². The fraction of sp³-hybridized carbons (Fsp3) is 0.519. The van der Waals surface area contributed by atoms with Gasteiger partial charge in [-0.15, -0.1) is 0 Å². The Morgan fingerprint density at radius 1 is 1.00 bits per heavy atom. The van der Waals surface area contributed by atoms with Crippen LogP contribution in [0, 0.1) is 0 Å². The minimum atomic E-state index is 0.131. The molecule has 0 aromatic heterocycles. The number of fused-ring (bicyclic) bond motifs is 1. The van der Waals surface area contributed by atoms with E-state index in [1.165, 1.54) is 24.0 Å². The highest BCUT2D eigenvalue weighted by molar-refractivity contribution is 5.78. The van der Waals surface area contributed by atoms with Gasteiger partial charge in [0, 0.05) is 6.04 Å². The van der Waals surface area contributed by atoms with Crippen LogP contribution in [0.3, 0.4) is 0 Å². The smallest absolute Gasteiger partial charge is 0.234 e. The Bertz CT molecular complexity index is 902. The number of hydrogen-bond donors (Lipinski definition) is 1. The molecule has 1 unspecified atom stereocenters. The van der Waals surface area contributed by atoms with E-state index in [1.54, 1.807) is 0 Å². The van der Waals surface area contributed by atoms with E-state index in [2.05, 4.69) is 46.6 Å². The van der Waals surface area contributed by atoms with Crippen LogP contribution in [0.25, 0.3) is 0 Å². The summed E-state index contributed by atoms with van der Waals surface area (Å²) in [5, 5.41) is 3.24. The standard InChI is InChI=1S/C27H34N2O3/c30-27(19-29-16-4-5-17-29)28-22-9-11-23(12-10-22)31-24-13-15-26-21(18-24)8-14-25(32-26)20-6-2-1-3-7-20/h1-3,6-7,13,15,18,22-23,25H,4-5,8-12,14,16-17,19H2,(H,28,30)/t22-,23-,25?. The fourth-order valence-electron chi connectivity index (χ4n) is 5.28. The highest BCUT2D eigenvalue weighted by Crippen LogP contribution is 2.37. The maximum Gasteiger partial charge on any atom is 0.234 e. The molecule has 5 rings (SSSR count). The number of benzene rings is 2. The zero-order valence-electron chi connectivity index (χ0n) is 18.8. The molecule has 2 heterocycles. The largest absolute Gasteiger partial charge is 0.490 e. The number of amides is 1. The first-order chi connectivity index (χ1) is 15.7. The molecule has 1 atom stereocenters. The van der Waals surface area contributed by atoms with Gasteiger partial charge in [0.15, 0.2) is 0 Å². The van der Waals surface area contributed by atoms with Gasteiger partial charge in [-0.3, -0.25) is 9.69 Å². The first-order valence-electron chi connectivity index (χ1n) is 12.3. The normalized spacial score (nSPS) is 25.6. The first-order valence-corrected chi connectivity index (χ1v) is 12.3. The van der Waals surface area contributed by atoms with E-state index in [9.17, 15) is 4.79 Å². The molecule has 1 saturated carbocycles. The molecule has 2 aliphatic heterocycles. The SMILES string of the molecule is O=C(CN1CCCC1)N[C@H]1CC[C@H](Oc2ccc3c(c2)CCC(c2ccccc2)O3)CC1. The van der Waals surface area contributed by atoms with Gasteiger partial charge in [0.25, 0.3) is 0 Å². The molecule has 0 bridgehead atoms. The zero-order valence-corrected chi connectivity index (χ0v) is 18.8. The summed E-state index contributed by atoms with van der Waals surface area (Å²) in [5.74, 6) is 2.09. The number of rotatable bonds is 6. The monoisotopic (exact) mass is 434 g/mol. The molecule has 170 valence electrons. The van der Waals surface area contributed by atoms with Crippen molar-refractivity contribution >= 4 is 5.91 Å². The predicted molar refractivity (Wildman–Crippen MR) is 125 cm³/mol. The highest BCUT2D eigenvalue weighted by atomic mass is 16.5. The molecule has 5 heteroatoms. The summed E-state index contributed by atoms with van der Waals surface area (Å²) in [6.45, 7) is 2.68. The van der Waals surface area contributed by atoms with Crippen LogP contribution < -0.4 is 14.8 Å². The van der Waals surface area contributed by atoms with Gasteiger partial charge in [-0.25, -0.2) is 0 Å². The van der Waals surface area contributed by atoms with Gasteiger partial charge in [-0.1, -0.05) is 30.3 Å². The third-order valence-corrected chi connectivity index (χ3v) is 7.06. The van der Waals surface area contributed by atoms with Gasteiger partial charge in [0.2, 0.25) is 5.91 Å².